The van der Waals surface area contributed by atoms with Gasteiger partial charge in [-0.2, -0.15) is 0 Å². The molecule has 1 fully saturated rings. The topological polar surface area (TPSA) is 61.8 Å². The van der Waals surface area contributed by atoms with Crippen LogP contribution in [0.2, 0.25) is 5.02 Å². The molecule has 0 amide bonds. The lowest BCUT2D eigenvalue weighted by Gasteiger charge is -2.28. The number of carbonyl (C=O) groups excluding carboxylic acids is 1. The summed E-state index contributed by atoms with van der Waals surface area (Å²) >= 11 is 5.87. The predicted molar refractivity (Wildman–Crippen MR) is 108 cm³/mol. The van der Waals surface area contributed by atoms with Crippen molar-refractivity contribution in [1.29, 1.82) is 0 Å². The number of ketones is 1. The van der Waals surface area contributed by atoms with Crippen LogP contribution in [0.15, 0.2) is 42.5 Å². The summed E-state index contributed by atoms with van der Waals surface area (Å²) in [5, 5.41) is 14.2. The van der Waals surface area contributed by atoms with E-state index in [2.05, 4.69) is 10.2 Å². The van der Waals surface area contributed by atoms with E-state index in [1.165, 1.54) is 12.1 Å². The first kappa shape index (κ1) is 19.4. The number of nitrogens with zero attached hydrogens (tertiary/aromatic N) is 1. The number of ether oxygens (including phenoxy) is 1. The molecule has 0 spiro atoms. The lowest BCUT2D eigenvalue weighted by Crippen LogP contribution is -2.42. The minimum absolute atomic E-state index is 0.0818. The van der Waals surface area contributed by atoms with Gasteiger partial charge in [-0.3, -0.25) is 9.69 Å². The molecule has 0 saturated carbocycles. The van der Waals surface area contributed by atoms with Crippen LogP contribution in [0.25, 0.3) is 6.08 Å². The van der Waals surface area contributed by atoms with Gasteiger partial charge in [0.1, 0.15) is 11.5 Å². The molecule has 2 aromatic rings. The van der Waals surface area contributed by atoms with Gasteiger partial charge in [-0.15, -0.1) is 0 Å². The Bertz CT molecular complexity index is 828. The zero-order valence-electron chi connectivity index (χ0n) is 15.2. The Morgan fingerprint density at radius 3 is 2.63 bits per heavy atom. The Morgan fingerprint density at radius 1 is 1.26 bits per heavy atom. The van der Waals surface area contributed by atoms with Gasteiger partial charge in [0.2, 0.25) is 0 Å². The van der Waals surface area contributed by atoms with Crippen molar-refractivity contribution < 1.29 is 14.6 Å². The van der Waals surface area contributed by atoms with Gasteiger partial charge in [0, 0.05) is 49.4 Å². The van der Waals surface area contributed by atoms with E-state index in [9.17, 15) is 9.90 Å². The number of hydrogen-bond acceptors (Lipinski definition) is 5. The van der Waals surface area contributed by atoms with Gasteiger partial charge >= 0.3 is 0 Å². The largest absolute Gasteiger partial charge is 0.507 e. The lowest BCUT2D eigenvalue weighted by molar-refractivity contribution is 0.104. The van der Waals surface area contributed by atoms with Crippen LogP contribution in [0.3, 0.4) is 0 Å². The second kappa shape index (κ2) is 9.04. The minimum Gasteiger partial charge on any atom is -0.507 e. The van der Waals surface area contributed by atoms with Crippen molar-refractivity contribution in [2.24, 2.45) is 0 Å². The fourth-order valence-electron chi connectivity index (χ4n) is 3.07. The number of benzene rings is 2. The van der Waals surface area contributed by atoms with E-state index in [4.69, 9.17) is 16.3 Å². The van der Waals surface area contributed by atoms with Crippen molar-refractivity contribution in [2.75, 3.05) is 33.3 Å². The molecule has 1 saturated heterocycles. The van der Waals surface area contributed by atoms with Gasteiger partial charge in [0.05, 0.1) is 12.7 Å². The maximum absolute atomic E-state index is 12.6. The summed E-state index contributed by atoms with van der Waals surface area (Å²) in [6.45, 7) is 4.42. The third-order valence-electron chi connectivity index (χ3n) is 4.56. The number of rotatable bonds is 6. The fourth-order valence-corrected chi connectivity index (χ4v) is 3.20. The van der Waals surface area contributed by atoms with Crippen LogP contribution in [0.1, 0.15) is 21.5 Å². The van der Waals surface area contributed by atoms with Crippen LogP contribution in [0.4, 0.5) is 0 Å². The molecule has 0 radical (unpaired) electrons. The number of carbonyl (C=O) groups is 1. The predicted octanol–water partition coefficient (Wildman–Crippen LogP) is 3.36. The Hall–Kier alpha value is -2.34. The van der Waals surface area contributed by atoms with Crippen molar-refractivity contribution in [1.82, 2.24) is 10.2 Å². The van der Waals surface area contributed by atoms with Gasteiger partial charge in [0.15, 0.2) is 5.78 Å². The number of aromatic hydroxyl groups is 1. The molecule has 1 aliphatic rings. The third kappa shape index (κ3) is 5.10. The summed E-state index contributed by atoms with van der Waals surface area (Å²) in [5.74, 6) is 0.248. The SMILES string of the molecule is COc1cc(O)c(C(=O)/C=C/c2ccc(Cl)cc2)cc1CN1CCNCC1. The maximum atomic E-state index is 12.6. The number of nitrogens with one attached hydrogen (secondary N) is 1. The van der Waals surface area contributed by atoms with Gasteiger partial charge < -0.3 is 15.2 Å². The molecule has 3 rings (SSSR count). The van der Waals surface area contributed by atoms with Crippen molar-refractivity contribution in [3.05, 3.63) is 64.2 Å². The highest BCUT2D eigenvalue weighted by atomic mass is 35.5. The lowest BCUT2D eigenvalue weighted by atomic mass is 10.0. The third-order valence-corrected chi connectivity index (χ3v) is 4.82. The number of halogens is 1. The van der Waals surface area contributed by atoms with Gasteiger partial charge in [-0.25, -0.2) is 0 Å². The molecule has 0 unspecified atom stereocenters. The molecule has 1 aliphatic heterocycles. The molecule has 1 heterocycles. The summed E-state index contributed by atoms with van der Waals surface area (Å²) in [5.41, 5.74) is 2.02. The van der Waals surface area contributed by atoms with Crippen molar-refractivity contribution in [3.63, 3.8) is 0 Å². The molecule has 142 valence electrons. The standard InChI is InChI=1S/C21H23ClN2O3/c1-27-21-13-20(26)18(12-16(21)14-24-10-8-23-9-11-24)19(25)7-4-15-2-5-17(22)6-3-15/h2-7,12-13,23,26H,8-11,14H2,1H3/b7-4+. The number of piperazine rings is 1. The van der Waals surface area contributed by atoms with Crippen LogP contribution in [0.5, 0.6) is 11.5 Å². The van der Waals surface area contributed by atoms with E-state index in [-0.39, 0.29) is 17.1 Å². The van der Waals surface area contributed by atoms with Gasteiger partial charge in [-0.1, -0.05) is 29.8 Å². The van der Waals surface area contributed by atoms with E-state index in [0.29, 0.717) is 17.3 Å². The fraction of sp³-hybridized carbons (Fsp3) is 0.286. The number of phenolic OH excluding ortho intramolecular Hbond substituents is 1. The first-order valence-electron chi connectivity index (χ1n) is 8.88. The Labute approximate surface area is 164 Å². The molecule has 0 atom stereocenters. The summed E-state index contributed by atoms with van der Waals surface area (Å²) in [6.07, 6.45) is 3.16. The van der Waals surface area contributed by atoms with E-state index in [1.54, 1.807) is 31.4 Å². The second-order valence-electron chi connectivity index (χ2n) is 6.46. The summed E-state index contributed by atoms with van der Waals surface area (Å²) in [6, 6.07) is 10.4. The Balaban J connectivity index is 1.81. The molecular weight excluding hydrogens is 364 g/mol. The smallest absolute Gasteiger partial charge is 0.189 e. The molecule has 0 aliphatic carbocycles. The number of allylic oxidation sites excluding steroid dienone is 1. The van der Waals surface area contributed by atoms with Crippen LogP contribution >= 0.6 is 11.6 Å². The Morgan fingerprint density at radius 2 is 1.96 bits per heavy atom. The Kier molecular flexibility index (Phi) is 6.50. The van der Waals surface area contributed by atoms with E-state index >= 15 is 0 Å². The second-order valence-corrected chi connectivity index (χ2v) is 6.89. The highest BCUT2D eigenvalue weighted by Crippen LogP contribution is 2.30. The minimum atomic E-state index is -0.258. The number of phenols is 1. The van der Waals surface area contributed by atoms with Gasteiger partial charge in [-0.05, 0) is 29.8 Å². The van der Waals surface area contributed by atoms with E-state index in [1.807, 2.05) is 12.1 Å². The molecular formula is C21H23ClN2O3. The first-order valence-corrected chi connectivity index (χ1v) is 9.25. The molecule has 0 bridgehead atoms. The summed E-state index contributed by atoms with van der Waals surface area (Å²) in [7, 11) is 1.57. The van der Waals surface area contributed by atoms with E-state index < -0.39 is 0 Å². The molecule has 2 N–H and O–H groups in total. The first-order chi connectivity index (χ1) is 13.1. The quantitative estimate of drug-likeness (QED) is 0.589. The van der Waals surface area contributed by atoms with Crippen LogP contribution < -0.4 is 10.1 Å². The van der Waals surface area contributed by atoms with Gasteiger partial charge in [0.25, 0.3) is 0 Å². The van der Waals surface area contributed by atoms with E-state index in [0.717, 1.165) is 37.3 Å². The average molecular weight is 387 g/mol. The highest BCUT2D eigenvalue weighted by molar-refractivity contribution is 6.30. The average Bonchev–Trinajstić information content (AvgIpc) is 2.69. The van der Waals surface area contributed by atoms with Crippen LogP contribution in [0, 0.1) is 0 Å². The maximum Gasteiger partial charge on any atom is 0.189 e. The van der Waals surface area contributed by atoms with Crippen LogP contribution in [-0.2, 0) is 6.54 Å². The number of methoxy groups -OCH3 is 1. The summed E-state index contributed by atoms with van der Waals surface area (Å²) < 4.78 is 5.40. The molecule has 27 heavy (non-hydrogen) atoms. The molecule has 6 heteroatoms. The normalized spacial score (nSPS) is 15.2. The highest BCUT2D eigenvalue weighted by Gasteiger charge is 2.17. The number of hydrogen-bond donors (Lipinski definition) is 2. The monoisotopic (exact) mass is 386 g/mol. The molecule has 2 aromatic carbocycles. The van der Waals surface area contributed by atoms with Crippen molar-refractivity contribution in [2.45, 2.75) is 6.54 Å². The van der Waals surface area contributed by atoms with Crippen molar-refractivity contribution in [3.8, 4) is 11.5 Å². The zero-order valence-corrected chi connectivity index (χ0v) is 16.0. The van der Waals surface area contributed by atoms with Crippen LogP contribution in [-0.4, -0.2) is 49.1 Å². The zero-order chi connectivity index (χ0) is 19.2. The molecule has 5 nitrogen and oxygen atoms in total. The van der Waals surface area contributed by atoms with Crippen molar-refractivity contribution >= 4 is 23.5 Å². The summed E-state index contributed by atoms with van der Waals surface area (Å²) in [4.78, 5) is 14.9. The molecule has 0 aromatic heterocycles.